The Morgan fingerprint density at radius 2 is 1.90 bits per heavy atom. The average Bonchev–Trinajstić information content (AvgIpc) is 2.49. The zero-order valence-corrected chi connectivity index (χ0v) is 14.7. The minimum Gasteiger partial charge on any atom is -0.355 e. The topological polar surface area (TPSA) is 54.0 Å². The number of hydrogen-bond donors (Lipinski definition) is 2. The van der Waals surface area contributed by atoms with Crippen LogP contribution in [0.5, 0.6) is 0 Å². The Balaban J connectivity index is 1.90. The van der Waals surface area contributed by atoms with Crippen molar-refractivity contribution in [2.75, 3.05) is 7.05 Å². The van der Waals surface area contributed by atoms with E-state index < -0.39 is 0 Å². The molecule has 0 bridgehead atoms. The van der Waals surface area contributed by atoms with Crippen molar-refractivity contribution < 1.29 is 4.79 Å². The standard InChI is InChI=1S/C15H15Br2N3O/c1-18-15(21)11-4-2-10(3-5-11)7-19-9-14-13(17)6-12(16)8-20-14/h2-6,8,19H,7,9H2,1H3,(H,18,21). The van der Waals surface area contributed by atoms with Crippen molar-refractivity contribution in [3.8, 4) is 0 Å². The Bertz CT molecular complexity index is 629. The largest absolute Gasteiger partial charge is 0.355 e. The van der Waals surface area contributed by atoms with Crippen LogP contribution < -0.4 is 10.6 Å². The van der Waals surface area contributed by atoms with Gasteiger partial charge in [-0.2, -0.15) is 0 Å². The van der Waals surface area contributed by atoms with E-state index in [0.717, 1.165) is 26.7 Å². The van der Waals surface area contributed by atoms with Gasteiger partial charge in [-0.15, -0.1) is 0 Å². The van der Waals surface area contributed by atoms with E-state index in [4.69, 9.17) is 0 Å². The van der Waals surface area contributed by atoms with E-state index in [2.05, 4.69) is 47.5 Å². The van der Waals surface area contributed by atoms with Gasteiger partial charge in [0.05, 0.1) is 5.69 Å². The van der Waals surface area contributed by atoms with Gasteiger partial charge in [-0.1, -0.05) is 12.1 Å². The molecule has 0 spiro atoms. The molecule has 1 aromatic carbocycles. The van der Waals surface area contributed by atoms with Crippen molar-refractivity contribution in [3.63, 3.8) is 0 Å². The fourth-order valence-electron chi connectivity index (χ4n) is 1.82. The molecule has 1 amide bonds. The van der Waals surface area contributed by atoms with Gasteiger partial charge >= 0.3 is 0 Å². The fourth-order valence-corrected chi connectivity index (χ4v) is 2.94. The number of rotatable bonds is 5. The maximum atomic E-state index is 11.4. The lowest BCUT2D eigenvalue weighted by atomic mass is 10.1. The number of benzene rings is 1. The summed E-state index contributed by atoms with van der Waals surface area (Å²) in [4.78, 5) is 15.8. The summed E-state index contributed by atoms with van der Waals surface area (Å²) in [6.07, 6.45) is 1.78. The zero-order chi connectivity index (χ0) is 15.2. The second-order valence-corrected chi connectivity index (χ2v) is 6.23. The normalized spacial score (nSPS) is 10.4. The van der Waals surface area contributed by atoms with Gasteiger partial charge < -0.3 is 10.6 Å². The zero-order valence-electron chi connectivity index (χ0n) is 11.5. The van der Waals surface area contributed by atoms with Gasteiger partial charge in [0.25, 0.3) is 5.91 Å². The molecule has 0 fully saturated rings. The highest BCUT2D eigenvalue weighted by atomic mass is 79.9. The highest BCUT2D eigenvalue weighted by Crippen LogP contribution is 2.19. The summed E-state index contributed by atoms with van der Waals surface area (Å²) in [5, 5.41) is 5.94. The summed E-state index contributed by atoms with van der Waals surface area (Å²) < 4.78 is 1.92. The molecule has 110 valence electrons. The van der Waals surface area contributed by atoms with E-state index in [0.29, 0.717) is 12.1 Å². The molecule has 4 nitrogen and oxygen atoms in total. The Hall–Kier alpha value is -1.24. The van der Waals surface area contributed by atoms with Crippen molar-refractivity contribution in [1.29, 1.82) is 0 Å². The summed E-state index contributed by atoms with van der Waals surface area (Å²) in [5.41, 5.74) is 2.75. The molecule has 0 aliphatic rings. The molecular formula is C15H15Br2N3O. The number of carbonyl (C=O) groups excluding carboxylic acids is 1. The molecule has 0 saturated heterocycles. The van der Waals surface area contributed by atoms with Gasteiger partial charge in [-0.3, -0.25) is 9.78 Å². The van der Waals surface area contributed by atoms with Gasteiger partial charge in [0.1, 0.15) is 0 Å². The van der Waals surface area contributed by atoms with Crippen LogP contribution in [0.4, 0.5) is 0 Å². The highest BCUT2D eigenvalue weighted by Gasteiger charge is 2.04. The second kappa shape index (κ2) is 7.68. The Labute approximate surface area is 140 Å². The van der Waals surface area contributed by atoms with Crippen molar-refractivity contribution >= 4 is 37.8 Å². The number of carbonyl (C=O) groups is 1. The molecule has 0 aliphatic carbocycles. The van der Waals surface area contributed by atoms with Gasteiger partial charge in [0, 0.05) is 40.8 Å². The lowest BCUT2D eigenvalue weighted by Gasteiger charge is -2.07. The van der Waals surface area contributed by atoms with Crippen LogP contribution in [0.3, 0.4) is 0 Å². The van der Waals surface area contributed by atoms with Crippen molar-refractivity contribution in [1.82, 2.24) is 15.6 Å². The first-order chi connectivity index (χ1) is 10.1. The molecule has 2 aromatic rings. The summed E-state index contributed by atoms with van der Waals surface area (Å²) in [7, 11) is 1.63. The van der Waals surface area contributed by atoms with E-state index >= 15 is 0 Å². The lowest BCUT2D eigenvalue weighted by Crippen LogP contribution is -2.18. The van der Waals surface area contributed by atoms with Gasteiger partial charge in [0.15, 0.2) is 0 Å². The third-order valence-corrected chi connectivity index (χ3v) is 4.07. The predicted molar refractivity (Wildman–Crippen MR) is 90.0 cm³/mol. The van der Waals surface area contributed by atoms with E-state index in [1.54, 1.807) is 13.2 Å². The van der Waals surface area contributed by atoms with Crippen LogP contribution in [0.1, 0.15) is 21.6 Å². The molecule has 0 aliphatic heterocycles. The summed E-state index contributed by atoms with van der Waals surface area (Å²) in [6.45, 7) is 1.39. The van der Waals surface area contributed by atoms with Crippen LogP contribution in [0, 0.1) is 0 Å². The van der Waals surface area contributed by atoms with E-state index in [-0.39, 0.29) is 5.91 Å². The first-order valence-electron chi connectivity index (χ1n) is 6.42. The molecule has 1 aromatic heterocycles. The summed E-state index contributed by atoms with van der Waals surface area (Å²) in [5.74, 6) is -0.0718. The third-order valence-electron chi connectivity index (χ3n) is 2.95. The van der Waals surface area contributed by atoms with Crippen LogP contribution in [-0.2, 0) is 13.1 Å². The second-order valence-electron chi connectivity index (χ2n) is 4.46. The van der Waals surface area contributed by atoms with Gasteiger partial charge in [-0.25, -0.2) is 0 Å². The van der Waals surface area contributed by atoms with Crippen molar-refractivity contribution in [2.45, 2.75) is 13.1 Å². The molecule has 6 heteroatoms. The molecule has 0 radical (unpaired) electrons. The molecule has 2 N–H and O–H groups in total. The monoisotopic (exact) mass is 411 g/mol. The summed E-state index contributed by atoms with van der Waals surface area (Å²) >= 11 is 6.87. The predicted octanol–water partition coefficient (Wildman–Crippen LogP) is 3.26. The Morgan fingerprint density at radius 1 is 1.19 bits per heavy atom. The first kappa shape index (κ1) is 16.1. The summed E-state index contributed by atoms with van der Waals surface area (Å²) in [6, 6.07) is 9.51. The van der Waals surface area contributed by atoms with Gasteiger partial charge in [-0.05, 0) is 55.6 Å². The molecular weight excluding hydrogens is 398 g/mol. The maximum Gasteiger partial charge on any atom is 0.251 e. The minimum atomic E-state index is -0.0718. The van der Waals surface area contributed by atoms with Gasteiger partial charge in [0.2, 0.25) is 0 Å². The molecule has 0 unspecified atom stereocenters. The van der Waals surface area contributed by atoms with E-state index in [1.165, 1.54) is 0 Å². The number of hydrogen-bond acceptors (Lipinski definition) is 3. The number of pyridine rings is 1. The van der Waals surface area contributed by atoms with E-state index in [1.807, 2.05) is 30.3 Å². The first-order valence-corrected chi connectivity index (χ1v) is 8.00. The molecule has 0 saturated carbocycles. The smallest absolute Gasteiger partial charge is 0.251 e. The molecule has 21 heavy (non-hydrogen) atoms. The fraction of sp³-hybridized carbons (Fsp3) is 0.200. The van der Waals surface area contributed by atoms with Crippen LogP contribution in [0.25, 0.3) is 0 Å². The SMILES string of the molecule is CNC(=O)c1ccc(CNCc2ncc(Br)cc2Br)cc1. The minimum absolute atomic E-state index is 0.0718. The Morgan fingerprint density at radius 3 is 2.52 bits per heavy atom. The molecule has 0 atom stereocenters. The molecule has 2 rings (SSSR count). The third kappa shape index (κ3) is 4.62. The van der Waals surface area contributed by atoms with Crippen molar-refractivity contribution in [2.24, 2.45) is 0 Å². The van der Waals surface area contributed by atoms with Crippen LogP contribution in [0.15, 0.2) is 45.5 Å². The number of amides is 1. The highest BCUT2D eigenvalue weighted by molar-refractivity contribution is 9.11. The number of nitrogens with one attached hydrogen (secondary N) is 2. The van der Waals surface area contributed by atoms with E-state index in [9.17, 15) is 4.79 Å². The molecule has 1 heterocycles. The quantitative estimate of drug-likeness (QED) is 0.792. The van der Waals surface area contributed by atoms with Crippen molar-refractivity contribution in [3.05, 3.63) is 62.3 Å². The average molecular weight is 413 g/mol. The Kier molecular flexibility index (Phi) is 5.90. The van der Waals surface area contributed by atoms with Crippen LogP contribution >= 0.6 is 31.9 Å². The lowest BCUT2D eigenvalue weighted by molar-refractivity contribution is 0.0963. The van der Waals surface area contributed by atoms with Crippen LogP contribution in [-0.4, -0.2) is 17.9 Å². The number of aromatic nitrogens is 1. The van der Waals surface area contributed by atoms with Crippen LogP contribution in [0.2, 0.25) is 0 Å². The maximum absolute atomic E-state index is 11.4. The number of nitrogens with zero attached hydrogens (tertiary/aromatic N) is 1. The number of halogens is 2.